The number of β-amino-alcohol motifs (C(OH)–C–C–N with tert-alkyl or cyclic N) is 1. The molecule has 0 radical (unpaired) electrons. The number of aliphatic hydroxyl groups is 1. The lowest BCUT2D eigenvalue weighted by atomic mass is 9.87. The van der Waals surface area contributed by atoms with Crippen molar-refractivity contribution < 1.29 is 5.11 Å². The van der Waals surface area contributed by atoms with E-state index in [0.717, 1.165) is 19.5 Å². The smallest absolute Gasteiger partial charge is 0.0733 e. The first-order valence-corrected chi connectivity index (χ1v) is 5.23. The summed E-state index contributed by atoms with van der Waals surface area (Å²) in [6.45, 7) is 3.82. The van der Waals surface area contributed by atoms with Crippen molar-refractivity contribution in [2.45, 2.75) is 25.4 Å². The van der Waals surface area contributed by atoms with Gasteiger partial charge in [-0.25, -0.2) is 0 Å². The van der Waals surface area contributed by atoms with Crippen LogP contribution in [0.4, 0.5) is 0 Å². The highest BCUT2D eigenvalue weighted by Crippen LogP contribution is 2.25. The molecule has 0 aliphatic carbocycles. The van der Waals surface area contributed by atoms with E-state index in [1.807, 2.05) is 0 Å². The molecular formula is C12H17NO. The van der Waals surface area contributed by atoms with Gasteiger partial charge in [0.2, 0.25) is 0 Å². The summed E-state index contributed by atoms with van der Waals surface area (Å²) in [4.78, 5) is 0. The van der Waals surface area contributed by atoms with E-state index in [9.17, 15) is 5.11 Å². The Kier molecular flexibility index (Phi) is 2.85. The maximum atomic E-state index is 9.85. The molecule has 2 heteroatoms. The van der Waals surface area contributed by atoms with E-state index >= 15 is 0 Å². The minimum atomic E-state index is -0.231. The van der Waals surface area contributed by atoms with E-state index in [1.54, 1.807) is 0 Å². The van der Waals surface area contributed by atoms with Crippen molar-refractivity contribution in [3.8, 4) is 0 Å². The summed E-state index contributed by atoms with van der Waals surface area (Å²) in [5.41, 5.74) is 2.55. The molecule has 0 saturated carbocycles. The Morgan fingerprint density at radius 2 is 2.29 bits per heavy atom. The fourth-order valence-corrected chi connectivity index (χ4v) is 2.13. The molecule has 2 rings (SSSR count). The Balaban J connectivity index is 2.20. The largest absolute Gasteiger partial charge is 0.391 e. The normalized spacial score (nSPS) is 27.6. The molecule has 0 aromatic heterocycles. The Bertz CT molecular complexity index is 311. The van der Waals surface area contributed by atoms with E-state index < -0.39 is 0 Å². The third kappa shape index (κ3) is 1.97. The number of piperidine rings is 1. The van der Waals surface area contributed by atoms with Crippen LogP contribution >= 0.6 is 0 Å². The molecule has 1 aromatic carbocycles. The van der Waals surface area contributed by atoms with Crippen molar-refractivity contribution in [1.29, 1.82) is 0 Å². The minimum Gasteiger partial charge on any atom is -0.391 e. The zero-order chi connectivity index (χ0) is 9.97. The molecule has 1 aromatic rings. The van der Waals surface area contributed by atoms with Gasteiger partial charge in [-0.15, -0.1) is 0 Å². The summed E-state index contributed by atoms with van der Waals surface area (Å²) in [6.07, 6.45) is 0.801. The van der Waals surface area contributed by atoms with Gasteiger partial charge in [-0.1, -0.05) is 29.8 Å². The second-order valence-corrected chi connectivity index (χ2v) is 4.08. The summed E-state index contributed by atoms with van der Waals surface area (Å²) in [7, 11) is 0. The van der Waals surface area contributed by atoms with Crippen molar-refractivity contribution >= 4 is 0 Å². The number of hydrogen-bond acceptors (Lipinski definition) is 2. The second kappa shape index (κ2) is 4.11. The van der Waals surface area contributed by atoms with Crippen LogP contribution in [0, 0.1) is 6.92 Å². The first kappa shape index (κ1) is 9.69. The third-order valence-corrected chi connectivity index (χ3v) is 2.92. The van der Waals surface area contributed by atoms with Crippen LogP contribution in [-0.2, 0) is 0 Å². The highest BCUT2D eigenvalue weighted by atomic mass is 16.3. The van der Waals surface area contributed by atoms with Gasteiger partial charge < -0.3 is 10.4 Å². The molecule has 76 valence electrons. The van der Waals surface area contributed by atoms with Crippen LogP contribution in [0.3, 0.4) is 0 Å². The molecule has 1 saturated heterocycles. The fourth-order valence-electron chi connectivity index (χ4n) is 2.13. The van der Waals surface area contributed by atoms with Crippen molar-refractivity contribution in [3.05, 3.63) is 35.4 Å². The maximum absolute atomic E-state index is 9.85. The van der Waals surface area contributed by atoms with Gasteiger partial charge in [0.1, 0.15) is 0 Å². The molecule has 0 bridgehead atoms. The molecule has 2 nitrogen and oxygen atoms in total. The van der Waals surface area contributed by atoms with Crippen LogP contribution in [0.5, 0.6) is 0 Å². The first-order valence-electron chi connectivity index (χ1n) is 5.23. The standard InChI is InChI=1S/C12H17NO/c1-9-3-2-4-10(7-9)11-5-6-13-8-12(11)14/h2-4,7,11-14H,5-6,8H2,1H3/t11-,12+/m1/s1. The lowest BCUT2D eigenvalue weighted by molar-refractivity contribution is 0.118. The summed E-state index contributed by atoms with van der Waals surface area (Å²) >= 11 is 0. The Morgan fingerprint density at radius 1 is 1.43 bits per heavy atom. The highest BCUT2D eigenvalue weighted by Gasteiger charge is 2.23. The molecule has 0 unspecified atom stereocenters. The van der Waals surface area contributed by atoms with E-state index in [-0.39, 0.29) is 6.10 Å². The zero-order valence-electron chi connectivity index (χ0n) is 8.53. The van der Waals surface area contributed by atoms with Gasteiger partial charge in [-0.05, 0) is 25.5 Å². The predicted molar refractivity (Wildman–Crippen MR) is 57.4 cm³/mol. The molecule has 1 heterocycles. The monoisotopic (exact) mass is 191 g/mol. The Labute approximate surface area is 85.0 Å². The SMILES string of the molecule is Cc1cccc([C@H]2CCNC[C@@H]2O)c1. The Hall–Kier alpha value is -0.860. The van der Waals surface area contributed by atoms with Gasteiger partial charge in [0.25, 0.3) is 0 Å². The van der Waals surface area contributed by atoms with E-state index in [2.05, 4.69) is 36.5 Å². The summed E-state index contributed by atoms with van der Waals surface area (Å²) in [6, 6.07) is 8.46. The van der Waals surface area contributed by atoms with Crippen LogP contribution in [0.1, 0.15) is 23.5 Å². The van der Waals surface area contributed by atoms with Gasteiger partial charge in [-0.3, -0.25) is 0 Å². The number of rotatable bonds is 1. The molecule has 1 aliphatic rings. The molecule has 1 fully saturated rings. The van der Waals surface area contributed by atoms with Crippen LogP contribution in [-0.4, -0.2) is 24.3 Å². The van der Waals surface area contributed by atoms with E-state index in [4.69, 9.17) is 0 Å². The number of benzene rings is 1. The molecule has 2 N–H and O–H groups in total. The summed E-state index contributed by atoms with van der Waals surface area (Å²) < 4.78 is 0. The average molecular weight is 191 g/mol. The Morgan fingerprint density at radius 3 is 3.00 bits per heavy atom. The quantitative estimate of drug-likeness (QED) is 0.704. The van der Waals surface area contributed by atoms with Gasteiger partial charge in [0, 0.05) is 12.5 Å². The van der Waals surface area contributed by atoms with Gasteiger partial charge >= 0.3 is 0 Å². The summed E-state index contributed by atoms with van der Waals surface area (Å²) in [5.74, 6) is 0.316. The number of aliphatic hydroxyl groups excluding tert-OH is 1. The van der Waals surface area contributed by atoms with Crippen molar-refractivity contribution in [1.82, 2.24) is 5.32 Å². The minimum absolute atomic E-state index is 0.231. The van der Waals surface area contributed by atoms with Gasteiger partial charge in [0.05, 0.1) is 6.10 Å². The zero-order valence-corrected chi connectivity index (χ0v) is 8.53. The summed E-state index contributed by atoms with van der Waals surface area (Å²) in [5, 5.41) is 13.0. The predicted octanol–water partition coefficient (Wildman–Crippen LogP) is 1.43. The second-order valence-electron chi connectivity index (χ2n) is 4.08. The molecule has 14 heavy (non-hydrogen) atoms. The fraction of sp³-hybridized carbons (Fsp3) is 0.500. The van der Waals surface area contributed by atoms with Gasteiger partial charge in [-0.2, -0.15) is 0 Å². The lowest BCUT2D eigenvalue weighted by Crippen LogP contribution is -2.39. The molecule has 1 aliphatic heterocycles. The van der Waals surface area contributed by atoms with Crippen molar-refractivity contribution in [2.24, 2.45) is 0 Å². The number of hydrogen-bond donors (Lipinski definition) is 2. The van der Waals surface area contributed by atoms with Crippen LogP contribution in [0.15, 0.2) is 24.3 Å². The average Bonchev–Trinajstić information content (AvgIpc) is 2.18. The van der Waals surface area contributed by atoms with Crippen LogP contribution in [0.25, 0.3) is 0 Å². The molecule has 0 spiro atoms. The van der Waals surface area contributed by atoms with E-state index in [0.29, 0.717) is 5.92 Å². The molecular weight excluding hydrogens is 174 g/mol. The first-order chi connectivity index (χ1) is 6.77. The van der Waals surface area contributed by atoms with E-state index in [1.165, 1.54) is 11.1 Å². The highest BCUT2D eigenvalue weighted by molar-refractivity contribution is 5.26. The molecule has 2 atom stereocenters. The van der Waals surface area contributed by atoms with Crippen molar-refractivity contribution in [3.63, 3.8) is 0 Å². The number of nitrogens with one attached hydrogen (secondary N) is 1. The van der Waals surface area contributed by atoms with Crippen LogP contribution in [0.2, 0.25) is 0 Å². The third-order valence-electron chi connectivity index (χ3n) is 2.92. The number of aryl methyl sites for hydroxylation is 1. The molecule has 0 amide bonds. The maximum Gasteiger partial charge on any atom is 0.0733 e. The lowest BCUT2D eigenvalue weighted by Gasteiger charge is -2.28. The van der Waals surface area contributed by atoms with Crippen LogP contribution < -0.4 is 5.32 Å². The topological polar surface area (TPSA) is 32.3 Å². The van der Waals surface area contributed by atoms with Crippen molar-refractivity contribution in [2.75, 3.05) is 13.1 Å². The van der Waals surface area contributed by atoms with Gasteiger partial charge in [0.15, 0.2) is 0 Å².